The minimum atomic E-state index is 0.163. The second-order valence-electron chi connectivity index (χ2n) is 4.65. The first kappa shape index (κ1) is 11.7. The molecular weight excluding hydrogens is 232 g/mol. The number of ketones is 1. The molecule has 0 spiro atoms. The van der Waals surface area contributed by atoms with Gasteiger partial charge in [-0.05, 0) is 16.3 Å². The number of carbonyl (C=O) groups excluding carboxylic acids is 1. The largest absolute Gasteiger partial charge is 0.294 e. The van der Waals surface area contributed by atoms with Crippen molar-refractivity contribution in [3.05, 3.63) is 83.9 Å². The molecular formula is C18H14O. The summed E-state index contributed by atoms with van der Waals surface area (Å²) in [6.07, 6.45) is 0.453. The molecule has 0 radical (unpaired) electrons. The van der Waals surface area contributed by atoms with Gasteiger partial charge in [-0.15, -0.1) is 0 Å². The second kappa shape index (κ2) is 5.07. The summed E-state index contributed by atoms with van der Waals surface area (Å²) in [6.45, 7) is 0. The monoisotopic (exact) mass is 246 g/mol. The molecule has 92 valence electrons. The zero-order valence-electron chi connectivity index (χ0n) is 10.5. The summed E-state index contributed by atoms with van der Waals surface area (Å²) in [5.74, 6) is 0.163. The number of benzene rings is 3. The first-order valence-electron chi connectivity index (χ1n) is 6.39. The van der Waals surface area contributed by atoms with E-state index in [1.54, 1.807) is 0 Å². The summed E-state index contributed by atoms with van der Waals surface area (Å²) in [6, 6.07) is 23.8. The fourth-order valence-electron chi connectivity index (χ4n) is 2.26. The molecule has 0 saturated carbocycles. The minimum Gasteiger partial charge on any atom is -0.294 e. The second-order valence-corrected chi connectivity index (χ2v) is 4.65. The quantitative estimate of drug-likeness (QED) is 0.631. The Labute approximate surface area is 112 Å². The van der Waals surface area contributed by atoms with Crippen LogP contribution in [-0.4, -0.2) is 5.78 Å². The predicted octanol–water partition coefficient (Wildman–Crippen LogP) is 4.27. The molecule has 0 amide bonds. The van der Waals surface area contributed by atoms with Gasteiger partial charge in [0.15, 0.2) is 5.78 Å². The van der Waals surface area contributed by atoms with Crippen LogP contribution in [0.3, 0.4) is 0 Å². The molecule has 0 aliphatic rings. The van der Waals surface area contributed by atoms with Gasteiger partial charge in [0.1, 0.15) is 0 Å². The standard InChI is InChI=1S/C18H14O/c19-18(16-7-2-1-3-8-16)13-14-10-11-15-6-4-5-9-17(15)12-14/h1-12H,13H2. The molecule has 0 saturated heterocycles. The van der Waals surface area contributed by atoms with Gasteiger partial charge in [0, 0.05) is 12.0 Å². The van der Waals surface area contributed by atoms with E-state index in [9.17, 15) is 4.79 Å². The highest BCUT2D eigenvalue weighted by Gasteiger charge is 2.06. The molecule has 0 N–H and O–H groups in total. The average Bonchev–Trinajstić information content (AvgIpc) is 2.48. The van der Waals surface area contributed by atoms with Crippen LogP contribution < -0.4 is 0 Å². The molecule has 19 heavy (non-hydrogen) atoms. The Hall–Kier alpha value is -2.41. The fraction of sp³-hybridized carbons (Fsp3) is 0.0556. The maximum absolute atomic E-state index is 12.2. The average molecular weight is 246 g/mol. The van der Waals surface area contributed by atoms with Gasteiger partial charge in [0.2, 0.25) is 0 Å². The molecule has 3 aromatic carbocycles. The lowest BCUT2D eigenvalue weighted by molar-refractivity contribution is 0.0993. The summed E-state index contributed by atoms with van der Waals surface area (Å²) in [5.41, 5.74) is 1.84. The summed E-state index contributed by atoms with van der Waals surface area (Å²) in [7, 11) is 0. The van der Waals surface area contributed by atoms with Crippen LogP contribution in [0.25, 0.3) is 10.8 Å². The van der Waals surface area contributed by atoms with Gasteiger partial charge in [0.05, 0.1) is 0 Å². The Morgan fingerprint density at radius 3 is 2.21 bits per heavy atom. The highest BCUT2D eigenvalue weighted by Crippen LogP contribution is 2.17. The SMILES string of the molecule is O=C(Cc1ccc2ccccc2c1)c1ccccc1. The van der Waals surface area contributed by atoms with Crippen molar-refractivity contribution in [3.8, 4) is 0 Å². The number of hydrogen-bond donors (Lipinski definition) is 0. The van der Waals surface area contributed by atoms with Gasteiger partial charge < -0.3 is 0 Å². The van der Waals surface area contributed by atoms with Crippen LogP contribution >= 0.6 is 0 Å². The van der Waals surface area contributed by atoms with Gasteiger partial charge in [-0.3, -0.25) is 4.79 Å². The zero-order valence-corrected chi connectivity index (χ0v) is 10.5. The van der Waals surface area contributed by atoms with Gasteiger partial charge in [-0.1, -0.05) is 72.8 Å². The van der Waals surface area contributed by atoms with E-state index >= 15 is 0 Å². The molecule has 0 fully saturated rings. The topological polar surface area (TPSA) is 17.1 Å². The van der Waals surface area contributed by atoms with Gasteiger partial charge in [-0.25, -0.2) is 0 Å². The van der Waals surface area contributed by atoms with Crippen LogP contribution in [0, 0.1) is 0 Å². The normalized spacial score (nSPS) is 10.5. The van der Waals surface area contributed by atoms with E-state index in [1.807, 2.05) is 48.5 Å². The summed E-state index contributed by atoms with van der Waals surface area (Å²) >= 11 is 0. The lowest BCUT2D eigenvalue weighted by Crippen LogP contribution is -2.02. The first-order valence-corrected chi connectivity index (χ1v) is 6.39. The molecule has 1 nitrogen and oxygen atoms in total. The Kier molecular flexibility index (Phi) is 3.11. The van der Waals surface area contributed by atoms with Gasteiger partial charge in [0.25, 0.3) is 0 Å². The number of Topliss-reactive ketones (excluding diaryl/α,β-unsaturated/α-hetero) is 1. The van der Waals surface area contributed by atoms with Crippen molar-refractivity contribution in [1.29, 1.82) is 0 Å². The van der Waals surface area contributed by atoms with Crippen LogP contribution in [0.2, 0.25) is 0 Å². The van der Waals surface area contributed by atoms with E-state index in [0.29, 0.717) is 6.42 Å². The zero-order chi connectivity index (χ0) is 13.1. The maximum atomic E-state index is 12.2. The van der Waals surface area contributed by atoms with E-state index in [-0.39, 0.29) is 5.78 Å². The molecule has 0 atom stereocenters. The van der Waals surface area contributed by atoms with Crippen LogP contribution in [0.15, 0.2) is 72.8 Å². The highest BCUT2D eigenvalue weighted by atomic mass is 16.1. The summed E-state index contributed by atoms with van der Waals surface area (Å²) in [5, 5.41) is 2.39. The molecule has 0 aromatic heterocycles. The minimum absolute atomic E-state index is 0.163. The lowest BCUT2D eigenvalue weighted by Gasteiger charge is -2.03. The molecule has 3 aromatic rings. The van der Waals surface area contributed by atoms with Crippen molar-refractivity contribution in [2.24, 2.45) is 0 Å². The molecule has 0 heterocycles. The highest BCUT2D eigenvalue weighted by molar-refractivity contribution is 5.98. The molecule has 0 aliphatic carbocycles. The Balaban J connectivity index is 1.87. The van der Waals surface area contributed by atoms with E-state index in [1.165, 1.54) is 10.8 Å². The number of fused-ring (bicyclic) bond motifs is 1. The Bertz CT molecular complexity index is 714. The Morgan fingerprint density at radius 2 is 1.42 bits per heavy atom. The van der Waals surface area contributed by atoms with E-state index in [4.69, 9.17) is 0 Å². The third-order valence-electron chi connectivity index (χ3n) is 3.27. The molecule has 0 aliphatic heterocycles. The number of hydrogen-bond acceptors (Lipinski definition) is 1. The van der Waals surface area contributed by atoms with Crippen LogP contribution in [-0.2, 0) is 6.42 Å². The Morgan fingerprint density at radius 1 is 0.737 bits per heavy atom. The molecule has 1 heteroatoms. The molecule has 3 rings (SSSR count). The van der Waals surface area contributed by atoms with Crippen molar-refractivity contribution in [3.63, 3.8) is 0 Å². The number of rotatable bonds is 3. The summed E-state index contributed by atoms with van der Waals surface area (Å²) < 4.78 is 0. The van der Waals surface area contributed by atoms with Crippen molar-refractivity contribution in [2.45, 2.75) is 6.42 Å². The van der Waals surface area contributed by atoms with Crippen LogP contribution in [0.1, 0.15) is 15.9 Å². The summed E-state index contributed by atoms with van der Waals surface area (Å²) in [4.78, 5) is 12.2. The van der Waals surface area contributed by atoms with Crippen LogP contribution in [0.5, 0.6) is 0 Å². The first-order chi connectivity index (χ1) is 9.33. The maximum Gasteiger partial charge on any atom is 0.167 e. The fourth-order valence-corrected chi connectivity index (χ4v) is 2.26. The van der Waals surface area contributed by atoms with Crippen LogP contribution in [0.4, 0.5) is 0 Å². The van der Waals surface area contributed by atoms with E-state index < -0.39 is 0 Å². The molecule has 0 unspecified atom stereocenters. The predicted molar refractivity (Wildman–Crippen MR) is 78.4 cm³/mol. The third-order valence-corrected chi connectivity index (χ3v) is 3.27. The third kappa shape index (κ3) is 2.55. The smallest absolute Gasteiger partial charge is 0.167 e. The van der Waals surface area contributed by atoms with Crippen molar-refractivity contribution >= 4 is 16.6 Å². The lowest BCUT2D eigenvalue weighted by atomic mass is 10.0. The van der Waals surface area contributed by atoms with Gasteiger partial charge in [-0.2, -0.15) is 0 Å². The van der Waals surface area contributed by atoms with Crippen molar-refractivity contribution < 1.29 is 4.79 Å². The van der Waals surface area contributed by atoms with Crippen molar-refractivity contribution in [2.75, 3.05) is 0 Å². The van der Waals surface area contributed by atoms with E-state index in [2.05, 4.69) is 24.3 Å². The van der Waals surface area contributed by atoms with Gasteiger partial charge >= 0.3 is 0 Å². The van der Waals surface area contributed by atoms with E-state index in [0.717, 1.165) is 11.1 Å². The van der Waals surface area contributed by atoms with Crippen molar-refractivity contribution in [1.82, 2.24) is 0 Å². The number of carbonyl (C=O) groups is 1. The molecule has 0 bridgehead atoms.